The number of unbranched alkanes of at least 4 members (excludes halogenated alkanes) is 1. The third-order valence-corrected chi connectivity index (χ3v) is 4.81. The molecule has 0 aromatic heterocycles. The number of benzene rings is 1. The molecule has 9 nitrogen and oxygen atoms in total. The zero-order chi connectivity index (χ0) is 20.3. The number of esters is 1. The number of nitrogens with one attached hydrogen (secondary N) is 1. The molecule has 0 spiro atoms. The van der Waals surface area contributed by atoms with Crippen LogP contribution in [-0.2, 0) is 25.7 Å². The summed E-state index contributed by atoms with van der Waals surface area (Å²) in [5.41, 5.74) is 1.28. The van der Waals surface area contributed by atoms with Crippen LogP contribution in [-0.4, -0.2) is 53.1 Å². The van der Waals surface area contributed by atoms with Crippen molar-refractivity contribution in [2.75, 3.05) is 13.2 Å². The number of aliphatic imine (C=N–C) groups is 1. The molecular formula is C18H20ClN3O6. The van der Waals surface area contributed by atoms with Gasteiger partial charge in [-0.05, 0) is 25.0 Å². The number of carbonyl (C=O) groups is 3. The Bertz CT molecular complexity index is 841. The molecule has 3 rings (SSSR count). The molecular weight excluding hydrogens is 390 g/mol. The van der Waals surface area contributed by atoms with Gasteiger partial charge in [0.05, 0.1) is 36.9 Å². The molecule has 0 bridgehead atoms. The minimum atomic E-state index is -1.07. The van der Waals surface area contributed by atoms with Crippen LogP contribution in [0.2, 0.25) is 5.02 Å². The van der Waals surface area contributed by atoms with Crippen molar-refractivity contribution in [2.45, 2.75) is 38.8 Å². The lowest BCUT2D eigenvalue weighted by molar-refractivity contribution is -0.141. The van der Waals surface area contributed by atoms with Gasteiger partial charge >= 0.3 is 11.9 Å². The van der Waals surface area contributed by atoms with E-state index in [0.29, 0.717) is 54.0 Å². The molecule has 2 N–H and O–H groups in total. The normalized spacial score (nSPS) is 17.4. The highest BCUT2D eigenvalue weighted by atomic mass is 35.5. The van der Waals surface area contributed by atoms with Crippen molar-refractivity contribution >= 4 is 41.1 Å². The Morgan fingerprint density at radius 1 is 1.36 bits per heavy atom. The first-order valence-electron chi connectivity index (χ1n) is 8.82. The van der Waals surface area contributed by atoms with Crippen LogP contribution < -0.4 is 10.1 Å². The molecule has 1 unspecified atom stereocenters. The Balaban J connectivity index is 1.66. The molecule has 1 amide bonds. The predicted octanol–water partition coefficient (Wildman–Crippen LogP) is 1.84. The van der Waals surface area contributed by atoms with E-state index in [2.05, 4.69) is 10.3 Å². The quantitative estimate of drug-likeness (QED) is 0.496. The van der Waals surface area contributed by atoms with Crippen molar-refractivity contribution in [3.05, 3.63) is 22.7 Å². The fourth-order valence-electron chi connectivity index (χ4n) is 3.04. The maximum absolute atomic E-state index is 12.1. The Morgan fingerprint density at radius 3 is 2.82 bits per heavy atom. The molecule has 28 heavy (non-hydrogen) atoms. The number of hydrogen-bond acceptors (Lipinski definition) is 7. The van der Waals surface area contributed by atoms with E-state index in [-0.39, 0.29) is 18.9 Å². The van der Waals surface area contributed by atoms with Crippen LogP contribution in [0.3, 0.4) is 0 Å². The smallest absolute Gasteiger partial charge is 0.305 e. The number of halogens is 1. The Labute approximate surface area is 166 Å². The summed E-state index contributed by atoms with van der Waals surface area (Å²) in [5, 5.41) is 12.0. The number of carboxylic acid groups (broad SMARTS) is 1. The van der Waals surface area contributed by atoms with Crippen molar-refractivity contribution in [1.82, 2.24) is 10.2 Å². The standard InChI is InChI=1S/C18H20ClN3O6/c1-10(23)27-6-2-3-7-28-14-5-4-12-11(16(14)19)9-22-13(8-15(24)25)17(26)21-18(22)20-12/h4-5,13H,2-3,6-9H2,1H3,(H,24,25)(H,20,21,26). The van der Waals surface area contributed by atoms with Gasteiger partial charge in [-0.15, -0.1) is 0 Å². The lowest BCUT2D eigenvalue weighted by atomic mass is 10.1. The highest BCUT2D eigenvalue weighted by Gasteiger charge is 2.40. The number of carboxylic acids is 1. The summed E-state index contributed by atoms with van der Waals surface area (Å²) in [6.45, 7) is 2.36. The van der Waals surface area contributed by atoms with Crippen LogP contribution in [0.25, 0.3) is 0 Å². The van der Waals surface area contributed by atoms with Gasteiger partial charge in [-0.2, -0.15) is 0 Å². The van der Waals surface area contributed by atoms with Gasteiger partial charge in [0.2, 0.25) is 11.9 Å². The molecule has 1 atom stereocenters. The Morgan fingerprint density at radius 2 is 2.11 bits per heavy atom. The third kappa shape index (κ3) is 4.36. The maximum Gasteiger partial charge on any atom is 0.305 e. The van der Waals surface area contributed by atoms with E-state index in [1.807, 2.05) is 0 Å². The first-order chi connectivity index (χ1) is 13.4. The number of nitrogens with zero attached hydrogens (tertiary/aromatic N) is 2. The lowest BCUT2D eigenvalue weighted by Gasteiger charge is -2.28. The van der Waals surface area contributed by atoms with Crippen LogP contribution in [0.1, 0.15) is 31.7 Å². The summed E-state index contributed by atoms with van der Waals surface area (Å²) in [7, 11) is 0. The molecule has 0 aliphatic carbocycles. The van der Waals surface area contributed by atoms with Crippen molar-refractivity contribution in [3.63, 3.8) is 0 Å². The summed E-state index contributed by atoms with van der Waals surface area (Å²) in [6, 6.07) is 2.63. The van der Waals surface area contributed by atoms with Crippen molar-refractivity contribution < 1.29 is 29.0 Å². The molecule has 2 aliphatic heterocycles. The summed E-state index contributed by atoms with van der Waals surface area (Å²) in [5.74, 6) is -0.952. The van der Waals surface area contributed by atoms with Gasteiger partial charge in [-0.25, -0.2) is 4.99 Å². The van der Waals surface area contributed by atoms with Crippen LogP contribution >= 0.6 is 11.6 Å². The molecule has 0 saturated carbocycles. The van der Waals surface area contributed by atoms with E-state index in [4.69, 9.17) is 26.2 Å². The van der Waals surface area contributed by atoms with Crippen LogP contribution in [0.5, 0.6) is 5.75 Å². The molecule has 1 aromatic carbocycles. The van der Waals surface area contributed by atoms with Gasteiger partial charge in [0.1, 0.15) is 11.8 Å². The topological polar surface area (TPSA) is 118 Å². The molecule has 1 fully saturated rings. The van der Waals surface area contributed by atoms with Gasteiger partial charge in [0.25, 0.3) is 0 Å². The number of aliphatic carboxylic acids is 1. The molecule has 1 saturated heterocycles. The van der Waals surface area contributed by atoms with Gasteiger partial charge in [-0.3, -0.25) is 19.7 Å². The van der Waals surface area contributed by atoms with Crippen LogP contribution in [0.15, 0.2) is 17.1 Å². The fraction of sp³-hybridized carbons (Fsp3) is 0.444. The number of ether oxygens (including phenoxy) is 2. The second-order valence-corrected chi connectivity index (χ2v) is 6.82. The first kappa shape index (κ1) is 19.9. The van der Waals surface area contributed by atoms with E-state index in [1.165, 1.54) is 6.92 Å². The molecule has 1 aromatic rings. The highest BCUT2D eigenvalue weighted by Crippen LogP contribution is 2.39. The van der Waals surface area contributed by atoms with E-state index in [0.717, 1.165) is 0 Å². The fourth-order valence-corrected chi connectivity index (χ4v) is 3.32. The largest absolute Gasteiger partial charge is 0.492 e. The van der Waals surface area contributed by atoms with Crippen molar-refractivity contribution in [1.29, 1.82) is 0 Å². The molecule has 0 radical (unpaired) electrons. The lowest BCUT2D eigenvalue weighted by Crippen LogP contribution is -2.38. The minimum absolute atomic E-state index is 0.257. The second kappa shape index (κ2) is 8.47. The van der Waals surface area contributed by atoms with E-state index in [1.54, 1.807) is 17.0 Å². The Hall–Kier alpha value is -2.81. The molecule has 10 heteroatoms. The summed E-state index contributed by atoms with van der Waals surface area (Å²) in [4.78, 5) is 39.8. The number of carbonyl (C=O) groups excluding carboxylic acids is 2. The van der Waals surface area contributed by atoms with Crippen LogP contribution in [0.4, 0.5) is 5.69 Å². The predicted molar refractivity (Wildman–Crippen MR) is 99.6 cm³/mol. The average molecular weight is 410 g/mol. The molecule has 2 heterocycles. The van der Waals surface area contributed by atoms with E-state index >= 15 is 0 Å². The summed E-state index contributed by atoms with van der Waals surface area (Å²) >= 11 is 6.48. The van der Waals surface area contributed by atoms with Gasteiger partial charge in [0.15, 0.2) is 0 Å². The minimum Gasteiger partial charge on any atom is -0.492 e. The third-order valence-electron chi connectivity index (χ3n) is 4.39. The van der Waals surface area contributed by atoms with Gasteiger partial charge in [-0.1, -0.05) is 11.6 Å². The number of amides is 1. The summed E-state index contributed by atoms with van der Waals surface area (Å²) < 4.78 is 10.6. The maximum atomic E-state index is 12.1. The number of hydrogen-bond donors (Lipinski definition) is 2. The highest BCUT2D eigenvalue weighted by molar-refractivity contribution is 6.33. The number of guanidine groups is 1. The zero-order valence-electron chi connectivity index (χ0n) is 15.2. The number of rotatable bonds is 8. The average Bonchev–Trinajstić information content (AvgIpc) is 2.92. The zero-order valence-corrected chi connectivity index (χ0v) is 16.0. The molecule has 150 valence electrons. The van der Waals surface area contributed by atoms with Gasteiger partial charge < -0.3 is 19.5 Å². The first-order valence-corrected chi connectivity index (χ1v) is 9.20. The van der Waals surface area contributed by atoms with Gasteiger partial charge in [0, 0.05) is 12.5 Å². The van der Waals surface area contributed by atoms with Crippen LogP contribution in [0, 0.1) is 0 Å². The van der Waals surface area contributed by atoms with E-state index in [9.17, 15) is 14.4 Å². The second-order valence-electron chi connectivity index (χ2n) is 6.44. The SMILES string of the molecule is CC(=O)OCCCCOc1ccc2c(c1Cl)CN1C(=N2)NC(=O)C1CC(=O)O. The molecule has 2 aliphatic rings. The van der Waals surface area contributed by atoms with Crippen molar-refractivity contribution in [2.24, 2.45) is 4.99 Å². The van der Waals surface area contributed by atoms with Crippen molar-refractivity contribution in [3.8, 4) is 5.75 Å². The van der Waals surface area contributed by atoms with E-state index < -0.39 is 17.9 Å². The number of fused-ring (bicyclic) bond motifs is 2. The Kier molecular flexibility index (Phi) is 6.03. The summed E-state index contributed by atoms with van der Waals surface area (Å²) in [6.07, 6.45) is 1.04. The monoisotopic (exact) mass is 409 g/mol.